The molecular weight excluding hydrogens is 318 g/mol. The Balaban J connectivity index is 1.46. The normalized spacial score (nSPS) is 10.3. The zero-order chi connectivity index (χ0) is 16.6. The Bertz CT molecular complexity index is 769. The van der Waals surface area contributed by atoms with E-state index in [1.807, 2.05) is 60.0 Å². The van der Waals surface area contributed by atoms with Crippen LogP contribution in [0.2, 0.25) is 0 Å². The smallest absolute Gasteiger partial charge is 0.261 e. The average molecular weight is 337 g/mol. The van der Waals surface area contributed by atoms with Gasteiger partial charge in [-0.3, -0.25) is 4.79 Å². The largest absolute Gasteiger partial charge is 0.489 e. The molecule has 1 amide bonds. The lowest BCUT2D eigenvalue weighted by atomic mass is 10.1. The van der Waals surface area contributed by atoms with Crippen LogP contribution < -0.4 is 10.1 Å². The number of carbonyl (C=O) groups excluding carboxylic acids is 1. The van der Waals surface area contributed by atoms with Crippen LogP contribution in [0.25, 0.3) is 0 Å². The summed E-state index contributed by atoms with van der Waals surface area (Å²) < 4.78 is 5.70. The predicted octanol–water partition coefficient (Wildman–Crippen LogP) is 4.30. The Morgan fingerprint density at radius 1 is 0.958 bits per heavy atom. The van der Waals surface area contributed by atoms with Gasteiger partial charge in [-0.15, -0.1) is 11.3 Å². The third-order valence-corrected chi connectivity index (χ3v) is 4.55. The van der Waals surface area contributed by atoms with Crippen molar-refractivity contribution in [1.29, 1.82) is 0 Å². The van der Waals surface area contributed by atoms with Gasteiger partial charge in [0.15, 0.2) is 0 Å². The van der Waals surface area contributed by atoms with E-state index in [4.69, 9.17) is 4.74 Å². The van der Waals surface area contributed by atoms with E-state index >= 15 is 0 Å². The monoisotopic (exact) mass is 337 g/mol. The van der Waals surface area contributed by atoms with Crippen molar-refractivity contribution in [3.05, 3.63) is 88.1 Å². The maximum absolute atomic E-state index is 12.2. The van der Waals surface area contributed by atoms with E-state index in [1.54, 1.807) is 0 Å². The second-order valence-electron chi connectivity index (χ2n) is 5.41. The number of amides is 1. The van der Waals surface area contributed by atoms with Crippen molar-refractivity contribution in [3.63, 3.8) is 0 Å². The molecule has 0 fully saturated rings. The molecular formula is C20H19NO2S. The highest BCUT2D eigenvalue weighted by Gasteiger charge is 2.09. The molecule has 122 valence electrons. The first-order valence-electron chi connectivity index (χ1n) is 7.88. The van der Waals surface area contributed by atoms with Crippen LogP contribution in [0.1, 0.15) is 20.8 Å². The standard InChI is InChI=1S/C20H19NO2S/c22-20(21-12-11-16-7-3-1-4-8-16)19-13-17(15-24-19)14-23-18-9-5-2-6-10-18/h1-10,13,15H,11-12,14H2,(H,21,22). The SMILES string of the molecule is O=C(NCCc1ccccc1)c1cc(COc2ccccc2)cs1. The Morgan fingerprint density at radius 2 is 1.67 bits per heavy atom. The molecule has 3 rings (SSSR count). The fourth-order valence-corrected chi connectivity index (χ4v) is 3.12. The van der Waals surface area contributed by atoms with E-state index in [0.29, 0.717) is 13.2 Å². The van der Waals surface area contributed by atoms with Crippen molar-refractivity contribution >= 4 is 17.2 Å². The van der Waals surface area contributed by atoms with Crippen molar-refractivity contribution < 1.29 is 9.53 Å². The summed E-state index contributed by atoms with van der Waals surface area (Å²) in [6.45, 7) is 1.11. The van der Waals surface area contributed by atoms with Gasteiger partial charge in [-0.1, -0.05) is 48.5 Å². The van der Waals surface area contributed by atoms with Gasteiger partial charge in [0.1, 0.15) is 12.4 Å². The van der Waals surface area contributed by atoms with Gasteiger partial charge >= 0.3 is 0 Å². The number of nitrogens with one attached hydrogen (secondary N) is 1. The third-order valence-electron chi connectivity index (χ3n) is 3.57. The first kappa shape index (κ1) is 16.3. The van der Waals surface area contributed by atoms with Gasteiger partial charge in [0.05, 0.1) is 4.88 Å². The van der Waals surface area contributed by atoms with Crippen molar-refractivity contribution in [2.24, 2.45) is 0 Å². The number of thiophene rings is 1. The highest BCUT2D eigenvalue weighted by atomic mass is 32.1. The molecule has 0 aliphatic carbocycles. The average Bonchev–Trinajstić information content (AvgIpc) is 3.11. The number of hydrogen-bond donors (Lipinski definition) is 1. The minimum absolute atomic E-state index is 0.0260. The quantitative estimate of drug-likeness (QED) is 0.698. The Hall–Kier alpha value is -2.59. The molecule has 2 aromatic carbocycles. The van der Waals surface area contributed by atoms with Gasteiger partial charge in [0.2, 0.25) is 0 Å². The first-order chi connectivity index (χ1) is 11.8. The lowest BCUT2D eigenvalue weighted by Gasteiger charge is -2.04. The summed E-state index contributed by atoms with van der Waals surface area (Å²) in [7, 11) is 0. The molecule has 0 aliphatic heterocycles. The predicted molar refractivity (Wildman–Crippen MR) is 97.6 cm³/mol. The van der Waals surface area contributed by atoms with Crippen LogP contribution in [0.5, 0.6) is 5.75 Å². The zero-order valence-corrected chi connectivity index (χ0v) is 14.1. The van der Waals surface area contributed by atoms with E-state index in [0.717, 1.165) is 22.6 Å². The van der Waals surface area contributed by atoms with Gasteiger partial charge in [0.25, 0.3) is 5.91 Å². The highest BCUT2D eigenvalue weighted by molar-refractivity contribution is 7.12. The summed E-state index contributed by atoms with van der Waals surface area (Å²) in [5, 5.41) is 4.93. The number of benzene rings is 2. The Morgan fingerprint density at radius 3 is 2.42 bits per heavy atom. The Labute approximate surface area is 145 Å². The summed E-state index contributed by atoms with van der Waals surface area (Å²) >= 11 is 1.45. The third kappa shape index (κ3) is 4.70. The van der Waals surface area contributed by atoms with Gasteiger partial charge in [-0.25, -0.2) is 0 Å². The number of para-hydroxylation sites is 1. The number of ether oxygens (including phenoxy) is 1. The van der Waals surface area contributed by atoms with Gasteiger partial charge in [0, 0.05) is 12.1 Å². The molecule has 0 unspecified atom stereocenters. The molecule has 0 spiro atoms. The maximum Gasteiger partial charge on any atom is 0.261 e. The fraction of sp³-hybridized carbons (Fsp3) is 0.150. The van der Waals surface area contributed by atoms with E-state index in [1.165, 1.54) is 16.9 Å². The summed E-state index contributed by atoms with van der Waals surface area (Å²) in [5.41, 5.74) is 2.23. The molecule has 0 radical (unpaired) electrons. The maximum atomic E-state index is 12.2. The van der Waals surface area contributed by atoms with Gasteiger partial charge in [-0.05, 0) is 35.6 Å². The number of carbonyl (C=O) groups is 1. The molecule has 1 aromatic heterocycles. The molecule has 3 nitrogen and oxygen atoms in total. The second kappa shape index (κ2) is 8.31. The number of hydrogen-bond acceptors (Lipinski definition) is 3. The van der Waals surface area contributed by atoms with E-state index in [9.17, 15) is 4.79 Å². The van der Waals surface area contributed by atoms with Crippen LogP contribution in [-0.4, -0.2) is 12.5 Å². The first-order valence-corrected chi connectivity index (χ1v) is 8.76. The second-order valence-corrected chi connectivity index (χ2v) is 6.32. The summed E-state index contributed by atoms with van der Waals surface area (Å²) in [6, 6.07) is 21.7. The summed E-state index contributed by atoms with van der Waals surface area (Å²) in [5.74, 6) is 0.805. The van der Waals surface area contributed by atoms with Crippen LogP contribution >= 0.6 is 11.3 Å². The number of rotatable bonds is 7. The fourth-order valence-electron chi connectivity index (χ4n) is 2.31. The molecule has 1 heterocycles. The molecule has 3 aromatic rings. The van der Waals surface area contributed by atoms with Crippen molar-refractivity contribution in [3.8, 4) is 5.75 Å². The molecule has 0 saturated carbocycles. The van der Waals surface area contributed by atoms with Gasteiger partial charge in [-0.2, -0.15) is 0 Å². The molecule has 4 heteroatoms. The molecule has 24 heavy (non-hydrogen) atoms. The van der Waals surface area contributed by atoms with Crippen LogP contribution in [0.3, 0.4) is 0 Å². The van der Waals surface area contributed by atoms with Crippen molar-refractivity contribution in [1.82, 2.24) is 5.32 Å². The van der Waals surface area contributed by atoms with E-state index < -0.39 is 0 Å². The lowest BCUT2D eigenvalue weighted by molar-refractivity contribution is 0.0958. The molecule has 1 N–H and O–H groups in total. The Kier molecular flexibility index (Phi) is 5.64. The molecule has 0 atom stereocenters. The topological polar surface area (TPSA) is 38.3 Å². The minimum Gasteiger partial charge on any atom is -0.489 e. The lowest BCUT2D eigenvalue weighted by Crippen LogP contribution is -2.24. The summed E-state index contributed by atoms with van der Waals surface area (Å²) in [6.07, 6.45) is 0.835. The molecule has 0 bridgehead atoms. The highest BCUT2D eigenvalue weighted by Crippen LogP contribution is 2.17. The summed E-state index contributed by atoms with van der Waals surface area (Å²) in [4.78, 5) is 12.9. The van der Waals surface area contributed by atoms with Crippen LogP contribution in [0, 0.1) is 0 Å². The van der Waals surface area contributed by atoms with Gasteiger partial charge < -0.3 is 10.1 Å². The van der Waals surface area contributed by atoms with Crippen molar-refractivity contribution in [2.45, 2.75) is 13.0 Å². The van der Waals surface area contributed by atoms with Crippen LogP contribution in [0.4, 0.5) is 0 Å². The van der Waals surface area contributed by atoms with Crippen molar-refractivity contribution in [2.75, 3.05) is 6.54 Å². The zero-order valence-electron chi connectivity index (χ0n) is 13.3. The van der Waals surface area contributed by atoms with Crippen LogP contribution in [0.15, 0.2) is 72.1 Å². The molecule has 0 saturated heterocycles. The van der Waals surface area contributed by atoms with Crippen LogP contribution in [-0.2, 0) is 13.0 Å². The van der Waals surface area contributed by atoms with E-state index in [-0.39, 0.29) is 5.91 Å². The minimum atomic E-state index is -0.0260. The molecule has 0 aliphatic rings. The van der Waals surface area contributed by atoms with E-state index in [2.05, 4.69) is 17.4 Å².